The van der Waals surface area contributed by atoms with E-state index in [0.717, 1.165) is 13.1 Å². The molecule has 1 aliphatic rings. The fraction of sp³-hybridized carbons (Fsp3) is 0.600. The summed E-state index contributed by atoms with van der Waals surface area (Å²) < 4.78 is 0. The fourth-order valence-electron chi connectivity index (χ4n) is 2.64. The van der Waals surface area contributed by atoms with Gasteiger partial charge in [0.25, 0.3) is 0 Å². The molecule has 0 aromatic heterocycles. The lowest BCUT2D eigenvalue weighted by atomic mass is 9.94. The Kier molecular flexibility index (Phi) is 5.54. The number of fused-ring (bicyclic) bond motifs is 1. The van der Waals surface area contributed by atoms with E-state index >= 15 is 0 Å². The van der Waals surface area contributed by atoms with Crippen LogP contribution in [0, 0.1) is 0 Å². The SMILES string of the molecule is CSCCCN(C)CC1NCCc2ccccc21. The number of hydrogen-bond acceptors (Lipinski definition) is 3. The number of likely N-dealkylation sites (N-methyl/N-ethyl adjacent to an activating group) is 1. The van der Waals surface area contributed by atoms with Gasteiger partial charge in [-0.05, 0) is 56.1 Å². The summed E-state index contributed by atoms with van der Waals surface area (Å²) in [7, 11) is 2.24. The molecule has 1 aliphatic heterocycles. The van der Waals surface area contributed by atoms with Crippen LogP contribution in [0.2, 0.25) is 0 Å². The topological polar surface area (TPSA) is 15.3 Å². The molecule has 1 aromatic carbocycles. The van der Waals surface area contributed by atoms with Gasteiger partial charge in [0.1, 0.15) is 0 Å². The van der Waals surface area contributed by atoms with Crippen LogP contribution < -0.4 is 5.32 Å². The molecule has 2 rings (SSSR count). The molecule has 2 nitrogen and oxygen atoms in total. The molecule has 1 unspecified atom stereocenters. The van der Waals surface area contributed by atoms with Crippen molar-refractivity contribution in [2.45, 2.75) is 18.9 Å². The molecular formula is C15H24N2S. The van der Waals surface area contributed by atoms with Crippen molar-refractivity contribution < 1.29 is 0 Å². The molecule has 1 heterocycles. The fourth-order valence-corrected chi connectivity index (χ4v) is 3.06. The Morgan fingerprint density at radius 3 is 3.06 bits per heavy atom. The zero-order valence-corrected chi connectivity index (χ0v) is 12.3. The van der Waals surface area contributed by atoms with E-state index in [1.807, 2.05) is 11.8 Å². The standard InChI is InChI=1S/C15H24N2S/c1-17(10-5-11-18-2)12-15-14-7-4-3-6-13(14)8-9-16-15/h3-4,6-7,15-16H,5,8-12H2,1-2H3. The second-order valence-electron chi connectivity index (χ2n) is 5.06. The predicted molar refractivity (Wildman–Crippen MR) is 81.4 cm³/mol. The number of rotatable bonds is 6. The molecule has 0 bridgehead atoms. The molecule has 0 radical (unpaired) electrons. The molecular weight excluding hydrogens is 240 g/mol. The van der Waals surface area contributed by atoms with Gasteiger partial charge >= 0.3 is 0 Å². The van der Waals surface area contributed by atoms with Crippen LogP contribution in [-0.2, 0) is 6.42 Å². The highest BCUT2D eigenvalue weighted by Crippen LogP contribution is 2.23. The number of thioether (sulfide) groups is 1. The van der Waals surface area contributed by atoms with E-state index in [1.165, 1.54) is 36.3 Å². The maximum atomic E-state index is 3.65. The van der Waals surface area contributed by atoms with Crippen LogP contribution in [0.25, 0.3) is 0 Å². The molecule has 18 heavy (non-hydrogen) atoms. The smallest absolute Gasteiger partial charge is 0.0452 e. The van der Waals surface area contributed by atoms with E-state index in [2.05, 4.69) is 47.8 Å². The van der Waals surface area contributed by atoms with Crippen LogP contribution in [0.5, 0.6) is 0 Å². The molecule has 1 atom stereocenters. The maximum absolute atomic E-state index is 3.65. The van der Waals surface area contributed by atoms with Crippen LogP contribution in [0.15, 0.2) is 24.3 Å². The third-order valence-electron chi connectivity index (χ3n) is 3.60. The van der Waals surface area contributed by atoms with Crippen molar-refractivity contribution >= 4 is 11.8 Å². The molecule has 0 saturated carbocycles. The summed E-state index contributed by atoms with van der Waals surface area (Å²) in [6, 6.07) is 9.38. The van der Waals surface area contributed by atoms with Crippen molar-refractivity contribution in [2.75, 3.05) is 38.7 Å². The second kappa shape index (κ2) is 7.17. The summed E-state index contributed by atoms with van der Waals surface area (Å²) >= 11 is 1.94. The number of nitrogens with zero attached hydrogens (tertiary/aromatic N) is 1. The van der Waals surface area contributed by atoms with Crippen molar-refractivity contribution in [1.29, 1.82) is 0 Å². The van der Waals surface area contributed by atoms with Crippen molar-refractivity contribution in [3.05, 3.63) is 35.4 Å². The molecule has 3 heteroatoms. The first kappa shape index (κ1) is 13.9. The van der Waals surface area contributed by atoms with Crippen molar-refractivity contribution in [1.82, 2.24) is 10.2 Å². The molecule has 0 spiro atoms. The van der Waals surface area contributed by atoms with Gasteiger partial charge in [-0.3, -0.25) is 0 Å². The first-order valence-corrected chi connectivity index (χ1v) is 8.19. The summed E-state index contributed by atoms with van der Waals surface area (Å²) in [6.45, 7) is 3.42. The lowest BCUT2D eigenvalue weighted by Gasteiger charge is -2.30. The molecule has 1 N–H and O–H groups in total. The third kappa shape index (κ3) is 3.74. The van der Waals surface area contributed by atoms with Crippen LogP contribution >= 0.6 is 11.8 Å². The largest absolute Gasteiger partial charge is 0.309 e. The molecule has 0 fully saturated rings. The first-order chi connectivity index (χ1) is 8.81. The second-order valence-corrected chi connectivity index (χ2v) is 6.05. The highest BCUT2D eigenvalue weighted by Gasteiger charge is 2.19. The Morgan fingerprint density at radius 1 is 1.39 bits per heavy atom. The molecule has 100 valence electrons. The van der Waals surface area contributed by atoms with Crippen molar-refractivity contribution in [2.24, 2.45) is 0 Å². The maximum Gasteiger partial charge on any atom is 0.0452 e. The molecule has 0 aliphatic carbocycles. The summed E-state index contributed by atoms with van der Waals surface area (Å²) in [6.07, 6.45) is 4.63. The quantitative estimate of drug-likeness (QED) is 0.795. The van der Waals surface area contributed by atoms with E-state index in [0.29, 0.717) is 6.04 Å². The lowest BCUT2D eigenvalue weighted by molar-refractivity contribution is 0.286. The van der Waals surface area contributed by atoms with Crippen molar-refractivity contribution in [3.8, 4) is 0 Å². The van der Waals surface area contributed by atoms with Gasteiger partial charge < -0.3 is 10.2 Å². The third-order valence-corrected chi connectivity index (χ3v) is 4.30. The normalized spacial score (nSPS) is 18.9. The minimum absolute atomic E-state index is 0.509. The average molecular weight is 264 g/mol. The number of nitrogens with one attached hydrogen (secondary N) is 1. The Balaban J connectivity index is 1.90. The highest BCUT2D eigenvalue weighted by atomic mass is 32.2. The first-order valence-electron chi connectivity index (χ1n) is 6.80. The molecule has 0 amide bonds. The number of hydrogen-bond donors (Lipinski definition) is 1. The summed E-state index contributed by atoms with van der Waals surface area (Å²) in [4.78, 5) is 2.45. The summed E-state index contributed by atoms with van der Waals surface area (Å²) in [5.41, 5.74) is 3.03. The van der Waals surface area contributed by atoms with Gasteiger partial charge in [-0.2, -0.15) is 11.8 Å². The average Bonchev–Trinajstić information content (AvgIpc) is 2.39. The van der Waals surface area contributed by atoms with Crippen LogP contribution in [0.3, 0.4) is 0 Å². The van der Waals surface area contributed by atoms with E-state index in [4.69, 9.17) is 0 Å². The van der Waals surface area contributed by atoms with Gasteiger partial charge in [0.05, 0.1) is 0 Å². The number of benzene rings is 1. The van der Waals surface area contributed by atoms with Gasteiger partial charge in [-0.1, -0.05) is 24.3 Å². The molecule has 1 aromatic rings. The minimum atomic E-state index is 0.509. The Bertz CT molecular complexity index is 367. The van der Waals surface area contributed by atoms with E-state index < -0.39 is 0 Å². The van der Waals surface area contributed by atoms with Gasteiger partial charge in [-0.15, -0.1) is 0 Å². The zero-order chi connectivity index (χ0) is 12.8. The minimum Gasteiger partial charge on any atom is -0.309 e. The monoisotopic (exact) mass is 264 g/mol. The Morgan fingerprint density at radius 2 is 2.22 bits per heavy atom. The van der Waals surface area contributed by atoms with Gasteiger partial charge in [0, 0.05) is 12.6 Å². The summed E-state index contributed by atoms with van der Waals surface area (Å²) in [5.74, 6) is 1.26. The van der Waals surface area contributed by atoms with E-state index in [-0.39, 0.29) is 0 Å². The van der Waals surface area contributed by atoms with Crippen molar-refractivity contribution in [3.63, 3.8) is 0 Å². The lowest BCUT2D eigenvalue weighted by Crippen LogP contribution is -2.38. The predicted octanol–water partition coefficient (Wildman–Crippen LogP) is 2.56. The van der Waals surface area contributed by atoms with E-state index in [1.54, 1.807) is 0 Å². The van der Waals surface area contributed by atoms with Crippen LogP contribution in [0.4, 0.5) is 0 Å². The van der Waals surface area contributed by atoms with Gasteiger partial charge in [0.15, 0.2) is 0 Å². The summed E-state index contributed by atoms with van der Waals surface area (Å²) in [5, 5.41) is 3.65. The van der Waals surface area contributed by atoms with E-state index in [9.17, 15) is 0 Å². The Hall–Kier alpha value is -0.510. The van der Waals surface area contributed by atoms with Crippen LogP contribution in [0.1, 0.15) is 23.6 Å². The zero-order valence-electron chi connectivity index (χ0n) is 11.5. The Labute approximate surface area is 115 Å². The van der Waals surface area contributed by atoms with Gasteiger partial charge in [-0.25, -0.2) is 0 Å². The van der Waals surface area contributed by atoms with Crippen LogP contribution in [-0.4, -0.2) is 43.6 Å². The van der Waals surface area contributed by atoms with Gasteiger partial charge in [0.2, 0.25) is 0 Å². The molecule has 0 saturated heterocycles. The highest BCUT2D eigenvalue weighted by molar-refractivity contribution is 7.98.